The van der Waals surface area contributed by atoms with Crippen LogP contribution < -0.4 is 4.74 Å². The lowest BCUT2D eigenvalue weighted by atomic mass is 10.1. The van der Waals surface area contributed by atoms with E-state index in [1.165, 1.54) is 24.3 Å². The molecule has 6 nitrogen and oxygen atoms in total. The molecule has 0 N–H and O–H groups in total. The molecule has 7 heteroatoms. The van der Waals surface area contributed by atoms with Crippen LogP contribution in [0.15, 0.2) is 24.3 Å². The number of aromatic nitrogens is 1. The van der Waals surface area contributed by atoms with Gasteiger partial charge in [-0.25, -0.2) is 4.98 Å². The van der Waals surface area contributed by atoms with E-state index >= 15 is 0 Å². The van der Waals surface area contributed by atoms with Crippen LogP contribution in [0.25, 0.3) is 10.6 Å². The predicted octanol–water partition coefficient (Wildman–Crippen LogP) is 3.59. The molecule has 2 aromatic rings. The number of nitrogens with zero attached hydrogens (tertiary/aromatic N) is 3. The van der Waals surface area contributed by atoms with Crippen LogP contribution in [0.1, 0.15) is 36.8 Å². The van der Waals surface area contributed by atoms with Crippen molar-refractivity contribution in [2.75, 3.05) is 40.0 Å². The lowest BCUT2D eigenvalue weighted by molar-refractivity contribution is -0.136. The Bertz CT molecular complexity index is 852. The first-order chi connectivity index (χ1) is 14.6. The van der Waals surface area contributed by atoms with Crippen LogP contribution in [0.3, 0.4) is 0 Å². The smallest absolute Gasteiger partial charge is 0.248 e. The summed E-state index contributed by atoms with van der Waals surface area (Å²) in [6.45, 7) is 6.89. The van der Waals surface area contributed by atoms with E-state index in [-0.39, 0.29) is 12.5 Å². The van der Waals surface area contributed by atoms with E-state index in [0.717, 1.165) is 54.0 Å². The molecule has 2 aliphatic rings. The van der Waals surface area contributed by atoms with Crippen molar-refractivity contribution in [2.24, 2.45) is 0 Å². The predicted molar refractivity (Wildman–Crippen MR) is 119 cm³/mol. The first kappa shape index (κ1) is 21.3. The zero-order valence-electron chi connectivity index (χ0n) is 17.9. The highest BCUT2D eigenvalue weighted by Crippen LogP contribution is 2.32. The molecule has 0 bridgehead atoms. The van der Waals surface area contributed by atoms with Gasteiger partial charge in [-0.2, -0.15) is 0 Å². The van der Waals surface area contributed by atoms with Gasteiger partial charge >= 0.3 is 0 Å². The van der Waals surface area contributed by atoms with Gasteiger partial charge in [0, 0.05) is 43.1 Å². The fraction of sp³-hybridized carbons (Fsp3) is 0.565. The first-order valence-corrected chi connectivity index (χ1v) is 11.7. The van der Waals surface area contributed by atoms with E-state index < -0.39 is 0 Å². The molecular weight excluding hydrogens is 398 g/mol. The summed E-state index contributed by atoms with van der Waals surface area (Å²) in [7, 11) is 1.56. The van der Waals surface area contributed by atoms with Crippen molar-refractivity contribution in [2.45, 2.75) is 45.2 Å². The van der Waals surface area contributed by atoms with E-state index in [1.54, 1.807) is 18.4 Å². The van der Waals surface area contributed by atoms with Crippen LogP contribution >= 0.6 is 11.3 Å². The third-order valence-electron chi connectivity index (χ3n) is 6.00. The molecule has 0 radical (unpaired) electrons. The van der Waals surface area contributed by atoms with Crippen molar-refractivity contribution in [3.05, 3.63) is 34.8 Å². The number of rotatable bonds is 8. The van der Waals surface area contributed by atoms with Gasteiger partial charge in [0.15, 0.2) is 0 Å². The lowest BCUT2D eigenvalue weighted by Gasteiger charge is -2.25. The normalized spacial score (nSPS) is 19.1. The summed E-state index contributed by atoms with van der Waals surface area (Å²) in [5.41, 5.74) is 2.22. The van der Waals surface area contributed by atoms with Crippen LogP contribution in [0.5, 0.6) is 5.75 Å². The number of hydrogen-bond donors (Lipinski definition) is 0. The highest BCUT2D eigenvalue weighted by molar-refractivity contribution is 7.15. The second-order valence-corrected chi connectivity index (χ2v) is 9.22. The molecule has 1 saturated heterocycles. The fourth-order valence-corrected chi connectivity index (χ4v) is 5.35. The molecule has 0 spiro atoms. The average Bonchev–Trinajstić information content (AvgIpc) is 3.37. The van der Waals surface area contributed by atoms with E-state index in [4.69, 9.17) is 14.5 Å². The highest BCUT2D eigenvalue weighted by atomic mass is 32.1. The van der Waals surface area contributed by atoms with Crippen molar-refractivity contribution < 1.29 is 14.3 Å². The van der Waals surface area contributed by atoms with Crippen molar-refractivity contribution in [3.63, 3.8) is 0 Å². The minimum Gasteiger partial charge on any atom is -0.494 e. The van der Waals surface area contributed by atoms with Crippen LogP contribution in [0.4, 0.5) is 0 Å². The fourth-order valence-electron chi connectivity index (χ4n) is 4.22. The molecule has 1 atom stereocenters. The second-order valence-electron chi connectivity index (χ2n) is 8.14. The summed E-state index contributed by atoms with van der Waals surface area (Å²) >= 11 is 1.68. The zero-order chi connectivity index (χ0) is 20.9. The van der Waals surface area contributed by atoms with Gasteiger partial charge < -0.3 is 19.3 Å². The molecule has 0 aliphatic carbocycles. The zero-order valence-corrected chi connectivity index (χ0v) is 18.7. The molecule has 1 amide bonds. The number of thiazole rings is 1. The van der Waals surface area contributed by atoms with E-state index in [0.29, 0.717) is 13.1 Å². The molecule has 1 aromatic heterocycles. The van der Waals surface area contributed by atoms with Crippen molar-refractivity contribution in [1.82, 2.24) is 14.8 Å². The SMILES string of the molecule is COCC(=O)N1CCc2nc(-c3ccc(OCCCN4CCC[C@@H]4C)cc3)sc2C1. The molecule has 3 heterocycles. The highest BCUT2D eigenvalue weighted by Gasteiger charge is 2.24. The van der Waals surface area contributed by atoms with Gasteiger partial charge in [-0.05, 0) is 57.0 Å². The number of carbonyl (C=O) groups excluding carboxylic acids is 1. The Labute approximate surface area is 182 Å². The van der Waals surface area contributed by atoms with E-state index in [2.05, 4.69) is 24.0 Å². The number of amides is 1. The maximum absolute atomic E-state index is 12.1. The van der Waals surface area contributed by atoms with Crippen molar-refractivity contribution in [3.8, 4) is 16.3 Å². The number of likely N-dealkylation sites (tertiary alicyclic amines) is 1. The molecular formula is C23H31N3O3S. The number of methoxy groups -OCH3 is 1. The van der Waals surface area contributed by atoms with Gasteiger partial charge in [0.2, 0.25) is 5.91 Å². The molecule has 1 aromatic carbocycles. The Kier molecular flexibility index (Phi) is 7.02. The Morgan fingerprint density at radius 1 is 1.27 bits per heavy atom. The summed E-state index contributed by atoms with van der Waals surface area (Å²) in [5.74, 6) is 0.949. The van der Waals surface area contributed by atoms with E-state index in [9.17, 15) is 4.79 Å². The van der Waals surface area contributed by atoms with Gasteiger partial charge in [0.25, 0.3) is 0 Å². The third kappa shape index (κ3) is 5.02. The van der Waals surface area contributed by atoms with Crippen molar-refractivity contribution >= 4 is 17.2 Å². The Hall–Kier alpha value is -1.96. The number of fused-ring (bicyclic) bond motifs is 1. The Balaban J connectivity index is 1.30. The first-order valence-electron chi connectivity index (χ1n) is 10.9. The van der Waals surface area contributed by atoms with Gasteiger partial charge in [-0.1, -0.05) is 0 Å². The minimum atomic E-state index is 0.0405. The molecule has 0 saturated carbocycles. The standard InChI is InChI=1S/C23H31N3O3S/c1-17-5-3-11-25(17)12-4-14-29-19-8-6-18(7-9-19)23-24-20-10-13-26(15-21(20)30-23)22(27)16-28-2/h6-9,17H,3-5,10-16H2,1-2H3/t17-/m0/s1. The number of carbonyl (C=O) groups is 1. The summed E-state index contributed by atoms with van der Waals surface area (Å²) < 4.78 is 10.9. The molecule has 1 fully saturated rings. The summed E-state index contributed by atoms with van der Waals surface area (Å²) in [6.07, 6.45) is 4.51. The number of benzene rings is 1. The number of ether oxygens (including phenoxy) is 2. The quantitative estimate of drug-likeness (QED) is 0.600. The molecule has 0 unspecified atom stereocenters. The maximum atomic E-state index is 12.1. The molecule has 2 aliphatic heterocycles. The van der Waals surface area contributed by atoms with Crippen LogP contribution in [-0.4, -0.2) is 66.7 Å². The van der Waals surface area contributed by atoms with Crippen molar-refractivity contribution in [1.29, 1.82) is 0 Å². The second kappa shape index (κ2) is 9.90. The number of hydrogen-bond acceptors (Lipinski definition) is 6. The average molecular weight is 430 g/mol. The monoisotopic (exact) mass is 429 g/mol. The Morgan fingerprint density at radius 3 is 2.83 bits per heavy atom. The van der Waals surface area contributed by atoms with Gasteiger partial charge in [-0.3, -0.25) is 4.79 Å². The maximum Gasteiger partial charge on any atom is 0.248 e. The van der Waals surface area contributed by atoms with Crippen LogP contribution in [0.2, 0.25) is 0 Å². The topological polar surface area (TPSA) is 54.9 Å². The Morgan fingerprint density at radius 2 is 2.10 bits per heavy atom. The molecule has 30 heavy (non-hydrogen) atoms. The van der Waals surface area contributed by atoms with Crippen LogP contribution in [-0.2, 0) is 22.5 Å². The van der Waals surface area contributed by atoms with Gasteiger partial charge in [0.1, 0.15) is 17.4 Å². The van der Waals surface area contributed by atoms with E-state index in [1.807, 2.05) is 17.0 Å². The lowest BCUT2D eigenvalue weighted by Crippen LogP contribution is -2.37. The summed E-state index contributed by atoms with van der Waals surface area (Å²) in [6, 6.07) is 8.94. The molecule has 162 valence electrons. The molecule has 4 rings (SSSR count). The van der Waals surface area contributed by atoms with Gasteiger partial charge in [-0.15, -0.1) is 11.3 Å². The third-order valence-corrected chi connectivity index (χ3v) is 7.13. The summed E-state index contributed by atoms with van der Waals surface area (Å²) in [4.78, 5) is 22.5. The van der Waals surface area contributed by atoms with Gasteiger partial charge in [0.05, 0.1) is 18.8 Å². The minimum absolute atomic E-state index is 0.0405. The van der Waals surface area contributed by atoms with Crippen LogP contribution in [0, 0.1) is 0 Å². The largest absolute Gasteiger partial charge is 0.494 e. The summed E-state index contributed by atoms with van der Waals surface area (Å²) in [5, 5.41) is 1.01.